The average Bonchev–Trinajstić information content (AvgIpc) is 1.85. The van der Waals surface area contributed by atoms with Gasteiger partial charge in [-0.05, 0) is 0 Å². The van der Waals surface area contributed by atoms with E-state index in [0.717, 1.165) is 0 Å². The molecule has 0 saturated heterocycles. The highest BCUT2D eigenvalue weighted by Crippen LogP contribution is 1.70. The standard InChI is InChI=1S/C4H4O4.CH2O2/c5-3(6)1-2-4(7)8;2-1-3/h1-2H,(H,5,6)(H,7,8);1H,(H,2,3)/b2-1+;. The van der Waals surface area contributed by atoms with Gasteiger partial charge in [0.1, 0.15) is 0 Å². The summed E-state index contributed by atoms with van der Waals surface area (Å²) in [7, 11) is 0. The minimum Gasteiger partial charge on any atom is -0.483 e. The Morgan fingerprint density at radius 1 is 1.00 bits per heavy atom. The zero-order chi connectivity index (χ0) is 9.28. The molecule has 0 heterocycles. The fourth-order valence-electron chi connectivity index (χ4n) is 0.143. The van der Waals surface area contributed by atoms with E-state index in [9.17, 15) is 9.59 Å². The molecule has 0 aromatic rings. The van der Waals surface area contributed by atoms with Gasteiger partial charge in [0.25, 0.3) is 6.47 Å². The highest BCUT2D eigenvalue weighted by molar-refractivity contribution is 5.89. The molecule has 0 fully saturated rings. The van der Waals surface area contributed by atoms with Crippen LogP contribution >= 0.6 is 0 Å². The van der Waals surface area contributed by atoms with E-state index in [1.54, 1.807) is 0 Å². The van der Waals surface area contributed by atoms with Gasteiger partial charge >= 0.3 is 11.9 Å². The number of rotatable bonds is 2. The summed E-state index contributed by atoms with van der Waals surface area (Å²) < 4.78 is 0. The Labute approximate surface area is 61.4 Å². The second-order valence-corrected chi connectivity index (χ2v) is 1.12. The second-order valence-electron chi connectivity index (χ2n) is 1.12. The fraction of sp³-hybridized carbons (Fsp3) is 0. The molecule has 3 N–H and O–H groups in total. The molecule has 0 unspecified atom stereocenters. The smallest absolute Gasteiger partial charge is 0.328 e. The third-order valence-corrected chi connectivity index (χ3v) is 0.368. The second kappa shape index (κ2) is 8.15. The zero-order valence-electron chi connectivity index (χ0n) is 5.30. The van der Waals surface area contributed by atoms with Crippen molar-refractivity contribution in [3.63, 3.8) is 0 Å². The molecule has 0 aliphatic rings. The van der Waals surface area contributed by atoms with E-state index in [1.165, 1.54) is 0 Å². The molecule has 0 rings (SSSR count). The van der Waals surface area contributed by atoms with Crippen LogP contribution < -0.4 is 0 Å². The van der Waals surface area contributed by atoms with E-state index in [1.807, 2.05) is 0 Å². The molecule has 6 heteroatoms. The molecule has 0 spiro atoms. The minimum atomic E-state index is -1.26. The van der Waals surface area contributed by atoms with Crippen LogP contribution in [0.3, 0.4) is 0 Å². The third kappa shape index (κ3) is 31.1. The molecule has 0 radical (unpaired) electrons. The zero-order valence-corrected chi connectivity index (χ0v) is 5.30. The first-order valence-electron chi connectivity index (χ1n) is 2.26. The highest BCUT2D eigenvalue weighted by atomic mass is 16.4. The van der Waals surface area contributed by atoms with E-state index in [4.69, 9.17) is 20.1 Å². The lowest BCUT2D eigenvalue weighted by Crippen LogP contribution is -1.91. The van der Waals surface area contributed by atoms with Gasteiger partial charge < -0.3 is 15.3 Å². The molecular weight excluding hydrogens is 156 g/mol. The number of aliphatic carboxylic acids is 2. The molecule has 0 amide bonds. The number of carbonyl (C=O) groups is 3. The lowest BCUT2D eigenvalue weighted by molar-refractivity contribution is -0.134. The Hall–Kier alpha value is -1.85. The predicted octanol–water partition coefficient (Wildman–Crippen LogP) is -0.587. The van der Waals surface area contributed by atoms with Gasteiger partial charge in [-0.1, -0.05) is 0 Å². The minimum absolute atomic E-state index is 0.250. The molecule has 0 saturated carbocycles. The van der Waals surface area contributed by atoms with E-state index < -0.39 is 11.9 Å². The van der Waals surface area contributed by atoms with Crippen LogP contribution in [0, 0.1) is 0 Å². The van der Waals surface area contributed by atoms with Gasteiger partial charge in [-0.3, -0.25) is 4.79 Å². The maximum atomic E-state index is 9.55. The largest absolute Gasteiger partial charge is 0.483 e. The predicted molar refractivity (Wildman–Crippen MR) is 33.1 cm³/mol. The maximum Gasteiger partial charge on any atom is 0.328 e. The number of hydrogen-bond donors (Lipinski definition) is 3. The van der Waals surface area contributed by atoms with Crippen LogP contribution in [0.25, 0.3) is 0 Å². The number of carboxylic acids is 2. The lowest BCUT2D eigenvalue weighted by Gasteiger charge is -1.74. The van der Waals surface area contributed by atoms with Crippen molar-refractivity contribution in [2.45, 2.75) is 0 Å². The Morgan fingerprint density at radius 2 is 1.18 bits per heavy atom. The normalized spacial score (nSPS) is 8.00. The summed E-state index contributed by atoms with van der Waals surface area (Å²) in [4.78, 5) is 27.5. The van der Waals surface area contributed by atoms with Crippen molar-refractivity contribution in [3.8, 4) is 0 Å². The van der Waals surface area contributed by atoms with E-state index >= 15 is 0 Å². The van der Waals surface area contributed by atoms with Crippen molar-refractivity contribution in [2.24, 2.45) is 0 Å². The summed E-state index contributed by atoms with van der Waals surface area (Å²) in [6.45, 7) is -0.250. The van der Waals surface area contributed by atoms with Crippen LogP contribution in [0.5, 0.6) is 0 Å². The summed E-state index contributed by atoms with van der Waals surface area (Å²) in [5.74, 6) is -2.51. The molecule has 0 atom stereocenters. The third-order valence-electron chi connectivity index (χ3n) is 0.368. The van der Waals surface area contributed by atoms with E-state index in [0.29, 0.717) is 12.2 Å². The summed E-state index contributed by atoms with van der Waals surface area (Å²) in [5.41, 5.74) is 0. The van der Waals surface area contributed by atoms with Gasteiger partial charge in [0.2, 0.25) is 0 Å². The van der Waals surface area contributed by atoms with Crippen molar-refractivity contribution in [3.05, 3.63) is 12.2 Å². The first kappa shape index (κ1) is 11.9. The van der Waals surface area contributed by atoms with E-state index in [-0.39, 0.29) is 6.47 Å². The van der Waals surface area contributed by atoms with Crippen LogP contribution in [-0.4, -0.2) is 33.7 Å². The molecule has 0 aromatic heterocycles. The first-order valence-corrected chi connectivity index (χ1v) is 2.26. The van der Waals surface area contributed by atoms with Crippen LogP contribution in [0.1, 0.15) is 0 Å². The molecule has 11 heavy (non-hydrogen) atoms. The van der Waals surface area contributed by atoms with Gasteiger partial charge in [0.15, 0.2) is 0 Å². The monoisotopic (exact) mass is 162 g/mol. The molecule has 6 nitrogen and oxygen atoms in total. The van der Waals surface area contributed by atoms with Gasteiger partial charge in [-0.15, -0.1) is 0 Å². The maximum absolute atomic E-state index is 9.55. The van der Waals surface area contributed by atoms with Gasteiger partial charge in [-0.2, -0.15) is 0 Å². The summed E-state index contributed by atoms with van der Waals surface area (Å²) >= 11 is 0. The van der Waals surface area contributed by atoms with E-state index in [2.05, 4.69) is 0 Å². The SMILES string of the molecule is O=C(O)/C=C/C(=O)O.O=CO. The van der Waals surface area contributed by atoms with Gasteiger partial charge in [0, 0.05) is 12.2 Å². The summed E-state index contributed by atoms with van der Waals surface area (Å²) in [6, 6.07) is 0. The van der Waals surface area contributed by atoms with Crippen molar-refractivity contribution in [1.82, 2.24) is 0 Å². The first-order chi connectivity index (χ1) is 5.04. The van der Waals surface area contributed by atoms with Crippen molar-refractivity contribution in [1.29, 1.82) is 0 Å². The fourth-order valence-corrected chi connectivity index (χ4v) is 0.143. The van der Waals surface area contributed by atoms with Crippen molar-refractivity contribution >= 4 is 18.4 Å². The topological polar surface area (TPSA) is 112 Å². The molecule has 0 bridgehead atoms. The Bertz CT molecular complexity index is 154. The van der Waals surface area contributed by atoms with Crippen LogP contribution in [-0.2, 0) is 14.4 Å². The van der Waals surface area contributed by atoms with Crippen molar-refractivity contribution in [2.75, 3.05) is 0 Å². The molecular formula is C5H6O6. The van der Waals surface area contributed by atoms with Crippen LogP contribution in [0.2, 0.25) is 0 Å². The molecule has 0 aliphatic heterocycles. The van der Waals surface area contributed by atoms with Gasteiger partial charge in [-0.25, -0.2) is 9.59 Å². The Kier molecular flexibility index (Phi) is 8.81. The molecule has 0 aliphatic carbocycles. The summed E-state index contributed by atoms with van der Waals surface area (Å²) in [6.07, 6.45) is 1.12. The lowest BCUT2D eigenvalue weighted by atomic mass is 10.5. The Morgan fingerprint density at radius 3 is 1.27 bits per heavy atom. The summed E-state index contributed by atoms with van der Waals surface area (Å²) in [5, 5.41) is 22.5. The number of hydrogen-bond acceptors (Lipinski definition) is 3. The van der Waals surface area contributed by atoms with Crippen LogP contribution in [0.15, 0.2) is 12.2 Å². The van der Waals surface area contributed by atoms with Crippen molar-refractivity contribution < 1.29 is 29.7 Å². The average molecular weight is 162 g/mol. The highest BCUT2D eigenvalue weighted by Gasteiger charge is 1.88. The number of carboxylic acid groups (broad SMARTS) is 3. The molecule has 62 valence electrons. The Balaban J connectivity index is 0. The quantitative estimate of drug-likeness (QED) is 0.369. The molecule has 0 aromatic carbocycles. The van der Waals surface area contributed by atoms with Crippen LogP contribution in [0.4, 0.5) is 0 Å². The van der Waals surface area contributed by atoms with Gasteiger partial charge in [0.05, 0.1) is 0 Å².